The first-order chi connectivity index (χ1) is 16.5. The van der Waals surface area contributed by atoms with E-state index in [2.05, 4.69) is 59.3 Å². The zero-order valence-electron chi connectivity index (χ0n) is 20.4. The number of carbonyl (C=O) groups is 1. The van der Waals surface area contributed by atoms with Crippen molar-refractivity contribution < 1.29 is 9.18 Å². The average Bonchev–Trinajstić information content (AvgIpc) is 3.28. The second-order valence-electron chi connectivity index (χ2n) is 10.4. The fourth-order valence-electron chi connectivity index (χ4n) is 5.67. The molecule has 1 N–H and O–H groups in total. The Labute approximate surface area is 202 Å². The molecule has 5 rings (SSSR count). The Morgan fingerprint density at radius 1 is 1.00 bits per heavy atom. The van der Waals surface area contributed by atoms with Crippen molar-refractivity contribution in [1.82, 2.24) is 10.2 Å². The van der Waals surface area contributed by atoms with Crippen LogP contribution >= 0.6 is 0 Å². The summed E-state index contributed by atoms with van der Waals surface area (Å²) in [7, 11) is 0. The maximum absolute atomic E-state index is 13.6. The molecule has 2 aromatic rings. The van der Waals surface area contributed by atoms with Gasteiger partial charge in [0.15, 0.2) is 0 Å². The Bertz CT molecular complexity index is 1060. The molecule has 3 aliphatic rings. The number of fused-ring (bicyclic) bond motifs is 1. The molecule has 2 fully saturated rings. The third-order valence-electron chi connectivity index (χ3n) is 7.87. The van der Waals surface area contributed by atoms with Gasteiger partial charge in [0.1, 0.15) is 5.82 Å². The van der Waals surface area contributed by atoms with Crippen molar-refractivity contribution in [1.29, 1.82) is 0 Å². The number of carbonyl (C=O) groups excluding carboxylic acids is 1. The molecule has 0 aromatic heterocycles. The van der Waals surface area contributed by atoms with Crippen LogP contribution in [0.3, 0.4) is 0 Å². The van der Waals surface area contributed by atoms with Crippen LogP contribution in [0.25, 0.3) is 11.6 Å². The van der Waals surface area contributed by atoms with Gasteiger partial charge in [-0.05, 0) is 92.5 Å². The van der Waals surface area contributed by atoms with Gasteiger partial charge < -0.3 is 15.1 Å². The summed E-state index contributed by atoms with van der Waals surface area (Å²) in [4.78, 5) is 17.8. The SMILES string of the molecule is CC(C)N1CCC(NC(=O)C2CCN(c3cccc(C4=Cc5cc(F)ccc5C4)c3)CC2)CC1. The second-order valence-corrected chi connectivity index (χ2v) is 10.4. The molecule has 2 aromatic carbocycles. The molecule has 4 nitrogen and oxygen atoms in total. The summed E-state index contributed by atoms with van der Waals surface area (Å²) < 4.78 is 13.6. The van der Waals surface area contributed by atoms with E-state index in [4.69, 9.17) is 0 Å². The lowest BCUT2D eigenvalue weighted by atomic mass is 9.94. The largest absolute Gasteiger partial charge is 0.371 e. The standard InChI is InChI=1S/C29H36FN3O/c1-20(2)32-14-10-27(11-15-32)31-29(34)21-8-12-33(13-9-21)28-5-3-4-22(19-28)24-16-23-6-7-26(30)18-25(23)17-24/h3-7,17-21,27H,8-16H2,1-2H3,(H,31,34). The molecule has 2 aliphatic heterocycles. The lowest BCUT2D eigenvalue weighted by Crippen LogP contribution is -2.49. The fourth-order valence-corrected chi connectivity index (χ4v) is 5.67. The van der Waals surface area contributed by atoms with E-state index < -0.39 is 0 Å². The molecular formula is C29H36FN3O. The van der Waals surface area contributed by atoms with Crippen LogP contribution in [0.5, 0.6) is 0 Å². The van der Waals surface area contributed by atoms with Gasteiger partial charge in [-0.3, -0.25) is 4.79 Å². The Morgan fingerprint density at radius 3 is 2.50 bits per heavy atom. The number of halogens is 1. The lowest BCUT2D eigenvalue weighted by Gasteiger charge is -2.37. The number of likely N-dealkylation sites (tertiary alicyclic amines) is 1. The number of allylic oxidation sites excluding steroid dienone is 1. The monoisotopic (exact) mass is 461 g/mol. The first-order valence-electron chi connectivity index (χ1n) is 12.8. The minimum atomic E-state index is -0.182. The van der Waals surface area contributed by atoms with E-state index in [9.17, 15) is 9.18 Å². The highest BCUT2D eigenvalue weighted by atomic mass is 19.1. The molecule has 0 unspecified atom stereocenters. The van der Waals surface area contributed by atoms with Gasteiger partial charge in [0.25, 0.3) is 0 Å². The molecule has 0 radical (unpaired) electrons. The molecule has 1 amide bonds. The minimum Gasteiger partial charge on any atom is -0.371 e. The Balaban J connectivity index is 1.15. The van der Waals surface area contributed by atoms with Gasteiger partial charge in [0, 0.05) is 49.9 Å². The van der Waals surface area contributed by atoms with Crippen LogP contribution in [0, 0.1) is 11.7 Å². The normalized spacial score (nSPS) is 19.9. The van der Waals surface area contributed by atoms with Gasteiger partial charge in [0.05, 0.1) is 0 Å². The van der Waals surface area contributed by atoms with Crippen LogP contribution in [-0.4, -0.2) is 49.1 Å². The third kappa shape index (κ3) is 5.05. The molecule has 5 heteroatoms. The fraction of sp³-hybridized carbons (Fsp3) is 0.483. The highest BCUT2D eigenvalue weighted by molar-refractivity contribution is 5.89. The van der Waals surface area contributed by atoms with Crippen molar-refractivity contribution in [2.75, 3.05) is 31.1 Å². The number of hydrogen-bond acceptors (Lipinski definition) is 3. The summed E-state index contributed by atoms with van der Waals surface area (Å²) in [5.74, 6) is 0.180. The molecule has 0 spiro atoms. The van der Waals surface area contributed by atoms with Crippen LogP contribution in [0.1, 0.15) is 56.2 Å². The predicted octanol–water partition coefficient (Wildman–Crippen LogP) is 5.13. The van der Waals surface area contributed by atoms with Crippen LogP contribution in [0.15, 0.2) is 42.5 Å². The molecular weight excluding hydrogens is 425 g/mol. The summed E-state index contributed by atoms with van der Waals surface area (Å²) in [5, 5.41) is 3.34. The maximum Gasteiger partial charge on any atom is 0.223 e. The van der Waals surface area contributed by atoms with Crippen molar-refractivity contribution >= 4 is 23.2 Å². The van der Waals surface area contributed by atoms with Crippen LogP contribution in [-0.2, 0) is 11.2 Å². The second kappa shape index (κ2) is 9.91. The zero-order valence-corrected chi connectivity index (χ0v) is 20.4. The molecule has 180 valence electrons. The molecule has 34 heavy (non-hydrogen) atoms. The summed E-state index contributed by atoms with van der Waals surface area (Å²) in [6.45, 7) is 8.44. The molecule has 0 bridgehead atoms. The van der Waals surface area contributed by atoms with E-state index in [1.807, 2.05) is 6.07 Å². The number of anilines is 1. The Morgan fingerprint density at radius 2 is 1.76 bits per heavy atom. The van der Waals surface area contributed by atoms with Crippen molar-refractivity contribution in [2.45, 2.75) is 58.0 Å². The van der Waals surface area contributed by atoms with Gasteiger partial charge in [-0.2, -0.15) is 0 Å². The van der Waals surface area contributed by atoms with Crippen molar-refractivity contribution in [2.24, 2.45) is 5.92 Å². The van der Waals surface area contributed by atoms with E-state index in [0.717, 1.165) is 63.8 Å². The topological polar surface area (TPSA) is 35.6 Å². The van der Waals surface area contributed by atoms with E-state index in [0.29, 0.717) is 12.1 Å². The molecule has 2 saturated heterocycles. The van der Waals surface area contributed by atoms with Crippen molar-refractivity contribution in [3.05, 3.63) is 65.0 Å². The van der Waals surface area contributed by atoms with Gasteiger partial charge >= 0.3 is 0 Å². The maximum atomic E-state index is 13.6. The minimum absolute atomic E-state index is 0.115. The van der Waals surface area contributed by atoms with Crippen LogP contribution in [0.2, 0.25) is 0 Å². The lowest BCUT2D eigenvalue weighted by molar-refractivity contribution is -0.126. The number of hydrogen-bond donors (Lipinski definition) is 1. The number of nitrogens with zero attached hydrogens (tertiary/aromatic N) is 2. The number of nitrogens with one attached hydrogen (secondary N) is 1. The number of piperidine rings is 2. The van der Waals surface area contributed by atoms with Crippen LogP contribution in [0.4, 0.5) is 10.1 Å². The van der Waals surface area contributed by atoms with Gasteiger partial charge in [0.2, 0.25) is 5.91 Å². The van der Waals surface area contributed by atoms with E-state index in [-0.39, 0.29) is 17.6 Å². The quantitative estimate of drug-likeness (QED) is 0.671. The number of rotatable bonds is 5. The van der Waals surface area contributed by atoms with Gasteiger partial charge in [-0.1, -0.05) is 24.3 Å². The first-order valence-corrected chi connectivity index (χ1v) is 12.8. The summed E-state index contributed by atoms with van der Waals surface area (Å²) in [6.07, 6.45) is 6.86. The number of benzene rings is 2. The Hall–Kier alpha value is -2.66. The summed E-state index contributed by atoms with van der Waals surface area (Å²) >= 11 is 0. The number of amides is 1. The summed E-state index contributed by atoms with van der Waals surface area (Å²) in [5.41, 5.74) is 5.81. The van der Waals surface area contributed by atoms with Crippen molar-refractivity contribution in [3.8, 4) is 0 Å². The highest BCUT2D eigenvalue weighted by Crippen LogP contribution is 2.34. The molecule has 0 saturated carbocycles. The molecule has 1 aliphatic carbocycles. The first kappa shape index (κ1) is 23.1. The molecule has 0 atom stereocenters. The zero-order chi connectivity index (χ0) is 23.7. The summed E-state index contributed by atoms with van der Waals surface area (Å²) in [6, 6.07) is 14.6. The predicted molar refractivity (Wildman–Crippen MR) is 137 cm³/mol. The van der Waals surface area contributed by atoms with E-state index >= 15 is 0 Å². The highest BCUT2D eigenvalue weighted by Gasteiger charge is 2.28. The third-order valence-corrected chi connectivity index (χ3v) is 7.87. The van der Waals surface area contributed by atoms with Crippen molar-refractivity contribution in [3.63, 3.8) is 0 Å². The van der Waals surface area contributed by atoms with Crippen LogP contribution < -0.4 is 10.2 Å². The Kier molecular flexibility index (Phi) is 6.73. The smallest absolute Gasteiger partial charge is 0.223 e. The van der Waals surface area contributed by atoms with E-state index in [1.54, 1.807) is 12.1 Å². The molecule has 2 heterocycles. The van der Waals surface area contributed by atoms with E-state index in [1.165, 1.54) is 22.4 Å². The van der Waals surface area contributed by atoms with Gasteiger partial charge in [-0.15, -0.1) is 0 Å². The van der Waals surface area contributed by atoms with Gasteiger partial charge in [-0.25, -0.2) is 4.39 Å². The average molecular weight is 462 g/mol.